The predicted molar refractivity (Wildman–Crippen MR) is 135 cm³/mol. The third kappa shape index (κ3) is 4.57. The Bertz CT molecular complexity index is 1050. The number of ketones is 1. The van der Waals surface area contributed by atoms with Crippen LogP contribution in [0.3, 0.4) is 0 Å². The van der Waals surface area contributed by atoms with Gasteiger partial charge < -0.3 is 40.3 Å². The van der Waals surface area contributed by atoms with E-state index in [0.717, 1.165) is 7.11 Å². The quantitative estimate of drug-likeness (QED) is 0.114. The van der Waals surface area contributed by atoms with Crippen LogP contribution in [0.1, 0.15) is 54.4 Å². The summed E-state index contributed by atoms with van der Waals surface area (Å²) in [5, 5.41) is 70.8. The van der Waals surface area contributed by atoms with Gasteiger partial charge >= 0.3 is 6.09 Å². The Morgan fingerprint density at radius 3 is 2.30 bits per heavy atom. The summed E-state index contributed by atoms with van der Waals surface area (Å²) in [5.41, 5.74) is -5.42. The number of alkyl carbamates (subject to hydrolysis) is 1. The minimum atomic E-state index is -1.76. The average Bonchev–Trinajstić information content (AvgIpc) is 2.87. The number of carbonyl (C=O) groups is 2. The minimum absolute atomic E-state index is 0. The maximum Gasteiger partial charge on any atom is 0.407 e. The van der Waals surface area contributed by atoms with Crippen molar-refractivity contribution in [2.45, 2.75) is 102 Å². The number of Topliss-reactive ketones (excluding diaryl/α,β-unsaturated/α-hetero) is 1. The van der Waals surface area contributed by atoms with Crippen molar-refractivity contribution >= 4 is 11.9 Å². The molecule has 13 heteroatoms. The monoisotopic (exact) mass is 784 g/mol. The van der Waals surface area contributed by atoms with Crippen molar-refractivity contribution in [2.24, 2.45) is 28.6 Å². The third-order valence-electron chi connectivity index (χ3n) is 10.9. The molecule has 3 fully saturated rings. The molecule has 0 aromatic heterocycles. The first-order valence-corrected chi connectivity index (χ1v) is 13.5. The molecular weight excluding hydrogens is 741 g/mol. The summed E-state index contributed by atoms with van der Waals surface area (Å²) >= 11 is 0. The van der Waals surface area contributed by atoms with Crippen LogP contribution in [-0.4, -0.2) is 104 Å². The second-order valence-corrected chi connectivity index (χ2v) is 12.8. The molecule has 1 amide bonds. The van der Waals surface area contributed by atoms with E-state index in [1.54, 1.807) is 27.7 Å². The van der Waals surface area contributed by atoms with Gasteiger partial charge in [0.1, 0.15) is 23.9 Å². The van der Waals surface area contributed by atoms with Gasteiger partial charge in [0.05, 0.1) is 43.0 Å². The van der Waals surface area contributed by atoms with Crippen LogP contribution in [0, 0.1) is 72.6 Å². The number of aliphatic hydroxyl groups is 5. The Labute approximate surface area is 269 Å². The number of fused-ring (bicyclic) bond motifs is 5. The van der Waals surface area contributed by atoms with E-state index < -0.39 is 88.2 Å². The first-order chi connectivity index (χ1) is 17.9. The van der Waals surface area contributed by atoms with Gasteiger partial charge in [-0.1, -0.05) is 26.3 Å². The molecule has 3 aliphatic carbocycles. The van der Waals surface area contributed by atoms with Crippen molar-refractivity contribution in [2.75, 3.05) is 13.7 Å². The van der Waals surface area contributed by atoms with Gasteiger partial charge in [-0.05, 0) is 38.7 Å². The van der Waals surface area contributed by atoms with Gasteiger partial charge in [-0.3, -0.25) is 10.1 Å². The van der Waals surface area contributed by atoms with Crippen LogP contribution >= 0.6 is 0 Å². The number of amides is 1. The van der Waals surface area contributed by atoms with Gasteiger partial charge in [-0.15, -0.1) is 0 Å². The standard InChI is InChI=1S/C27H43NO11.Ac/c1-11-14(20(39-36)18(30)13(3)28-23(33)37-7)9-27(35)12(2)21-25(6,15(29)8-16-26(21,34)10-38-16)22(32)19(31)17(11)24(27,4)5;/h12-16,18-21,29-31,34-36H,8-10H2,1-7H3,(H,28,33);/t12?,13?,14?,15?,16?,18?,19?,20-,21?,25-,26+,27?;/m1./s1. The fourth-order valence-corrected chi connectivity index (χ4v) is 8.41. The van der Waals surface area contributed by atoms with Crippen LogP contribution in [0.2, 0.25) is 0 Å². The van der Waals surface area contributed by atoms with Crippen molar-refractivity contribution in [3.05, 3.63) is 11.1 Å². The number of hydrogen-bond donors (Lipinski definition) is 7. The van der Waals surface area contributed by atoms with Gasteiger partial charge in [0, 0.05) is 67.7 Å². The maximum atomic E-state index is 14.1. The summed E-state index contributed by atoms with van der Waals surface area (Å²) in [6.45, 7) is 9.70. The zero-order chi connectivity index (χ0) is 29.5. The molecule has 9 unspecified atom stereocenters. The van der Waals surface area contributed by atoms with Crippen molar-refractivity contribution in [1.82, 2.24) is 5.32 Å². The second-order valence-electron chi connectivity index (χ2n) is 12.8. The number of methoxy groups -OCH3 is 1. The molecule has 0 aromatic carbocycles. The molecule has 12 nitrogen and oxygen atoms in total. The van der Waals surface area contributed by atoms with Crippen molar-refractivity contribution < 1.29 is 98.8 Å². The Morgan fingerprint density at radius 1 is 1.20 bits per heavy atom. The van der Waals surface area contributed by atoms with Crippen LogP contribution in [0.25, 0.3) is 0 Å². The van der Waals surface area contributed by atoms with Gasteiger partial charge in [-0.25, -0.2) is 9.68 Å². The fraction of sp³-hybridized carbons (Fsp3) is 0.852. The Morgan fingerprint density at radius 2 is 1.80 bits per heavy atom. The largest absolute Gasteiger partial charge is 0.453 e. The van der Waals surface area contributed by atoms with Gasteiger partial charge in [-0.2, -0.15) is 0 Å². The van der Waals surface area contributed by atoms with Crippen molar-refractivity contribution in [3.8, 4) is 0 Å². The fourth-order valence-electron chi connectivity index (χ4n) is 8.41. The Kier molecular flexibility index (Phi) is 9.76. The number of rotatable bonds is 5. The zero-order valence-corrected chi connectivity index (χ0v) is 28.9. The second kappa shape index (κ2) is 11.4. The van der Waals surface area contributed by atoms with E-state index in [-0.39, 0.29) is 69.1 Å². The SMILES string of the molecule is COC(=O)NC(C)C(O)[C@H](OO)C1CC2(O)C(C)C3[C@]4(O)COC4CC(O)[C@@]3(C)C(=O)C(O)C(=C1C)C2(C)C.[Ac]. The topological polar surface area (TPSA) is 195 Å². The molecule has 40 heavy (non-hydrogen) atoms. The number of hydrogen-bond acceptors (Lipinski definition) is 11. The normalized spacial score (nSPS) is 44.4. The van der Waals surface area contributed by atoms with E-state index in [4.69, 9.17) is 9.62 Å². The van der Waals surface area contributed by atoms with Gasteiger partial charge in [0.2, 0.25) is 0 Å². The molecule has 1 saturated heterocycles. The van der Waals surface area contributed by atoms with E-state index in [9.17, 15) is 40.4 Å². The number of nitrogens with one attached hydrogen (secondary N) is 1. The summed E-state index contributed by atoms with van der Waals surface area (Å²) in [6.07, 6.45) is -7.48. The van der Waals surface area contributed by atoms with Crippen LogP contribution < -0.4 is 5.32 Å². The average molecular weight is 785 g/mol. The van der Waals surface area contributed by atoms with Crippen LogP contribution in [0.4, 0.5) is 4.79 Å². The zero-order valence-electron chi connectivity index (χ0n) is 24.1. The molecule has 4 aliphatic rings. The molecule has 7 N–H and O–H groups in total. The molecule has 2 bridgehead atoms. The summed E-state index contributed by atoms with van der Waals surface area (Å²) in [6, 6.07) is -0.948. The van der Waals surface area contributed by atoms with Crippen molar-refractivity contribution in [3.63, 3.8) is 0 Å². The molecular formula is C27H43AcNO11. The van der Waals surface area contributed by atoms with Gasteiger partial charge in [0.15, 0.2) is 5.78 Å². The maximum absolute atomic E-state index is 14.1. The van der Waals surface area contributed by atoms with Gasteiger partial charge in [0.25, 0.3) is 0 Å². The predicted octanol–water partition coefficient (Wildman–Crippen LogP) is 0.140. The number of ether oxygens (including phenoxy) is 2. The van der Waals surface area contributed by atoms with Crippen LogP contribution in [0.15, 0.2) is 11.1 Å². The molecule has 1 heterocycles. The van der Waals surface area contributed by atoms with E-state index >= 15 is 0 Å². The number of aliphatic hydroxyl groups excluding tert-OH is 3. The summed E-state index contributed by atoms with van der Waals surface area (Å²) in [5.74, 6) is -3.41. The molecule has 2 saturated carbocycles. The molecule has 0 aromatic rings. The van der Waals surface area contributed by atoms with E-state index in [2.05, 4.69) is 10.1 Å². The molecule has 4 rings (SSSR count). The van der Waals surface area contributed by atoms with E-state index in [1.807, 2.05) is 0 Å². The summed E-state index contributed by atoms with van der Waals surface area (Å²) in [4.78, 5) is 30.6. The minimum Gasteiger partial charge on any atom is -0.453 e. The van der Waals surface area contributed by atoms with Crippen molar-refractivity contribution in [1.29, 1.82) is 0 Å². The molecule has 12 atom stereocenters. The smallest absolute Gasteiger partial charge is 0.407 e. The molecule has 225 valence electrons. The molecule has 1 radical (unpaired) electrons. The van der Waals surface area contributed by atoms with E-state index in [1.165, 1.54) is 13.8 Å². The first kappa shape index (κ1) is 34.3. The first-order valence-electron chi connectivity index (χ1n) is 13.5. The number of carbonyl (C=O) groups excluding carboxylic acids is 2. The Hall–Kier alpha value is -0.198. The Balaban J connectivity index is 0.00000441. The molecule has 1 aliphatic heterocycles. The van der Waals surface area contributed by atoms with E-state index in [0.29, 0.717) is 5.57 Å². The summed E-state index contributed by atoms with van der Waals surface area (Å²) in [7, 11) is 1.16. The summed E-state index contributed by atoms with van der Waals surface area (Å²) < 4.78 is 10.1. The van der Waals surface area contributed by atoms with Crippen LogP contribution in [0.5, 0.6) is 0 Å². The van der Waals surface area contributed by atoms with Crippen LogP contribution in [-0.2, 0) is 19.2 Å². The molecule has 0 spiro atoms. The third-order valence-corrected chi connectivity index (χ3v) is 10.9.